The maximum atomic E-state index is 12.4. The van der Waals surface area contributed by atoms with Crippen molar-refractivity contribution in [3.63, 3.8) is 0 Å². The number of ether oxygens (including phenoxy) is 1. The lowest BCUT2D eigenvalue weighted by Gasteiger charge is -2.21. The lowest BCUT2D eigenvalue weighted by Crippen LogP contribution is -2.43. The number of amides is 2. The summed E-state index contributed by atoms with van der Waals surface area (Å²) in [6.07, 6.45) is -0.186. The Bertz CT molecular complexity index is 1200. The number of sulfone groups is 1. The first kappa shape index (κ1) is 27.5. The number of thiazole rings is 1. The Hall–Kier alpha value is -2.70. The van der Waals surface area contributed by atoms with Gasteiger partial charge in [0, 0.05) is 12.7 Å². The number of halogens is 1. The summed E-state index contributed by atoms with van der Waals surface area (Å²) < 4.78 is 29.0. The van der Waals surface area contributed by atoms with Crippen molar-refractivity contribution in [2.24, 2.45) is 0 Å². The molecule has 0 saturated heterocycles. The maximum Gasteiger partial charge on any atom is 0.408 e. The third kappa shape index (κ3) is 7.96. The zero-order chi connectivity index (χ0) is 25.8. The number of nitrogens with zero attached hydrogens (tertiary/aromatic N) is 1. The van der Waals surface area contributed by atoms with Gasteiger partial charge in [-0.05, 0) is 51.8 Å². The number of carboxylic acids is 1. The van der Waals surface area contributed by atoms with E-state index in [1.54, 1.807) is 33.8 Å². The Kier molecular flexibility index (Phi) is 8.67. The molecule has 186 valence electrons. The predicted octanol–water partition coefficient (Wildman–Crippen LogP) is 3.87. The van der Waals surface area contributed by atoms with Gasteiger partial charge in [-0.15, -0.1) is 0 Å². The van der Waals surface area contributed by atoms with Gasteiger partial charge in [0.2, 0.25) is 5.91 Å². The molecule has 0 bridgehead atoms. The van der Waals surface area contributed by atoms with Crippen LogP contribution in [0.15, 0.2) is 23.1 Å². The molecule has 1 atom stereocenters. The minimum atomic E-state index is -3.53. The number of anilines is 1. The van der Waals surface area contributed by atoms with Crippen LogP contribution < -0.4 is 10.6 Å². The van der Waals surface area contributed by atoms with Crippen molar-refractivity contribution in [2.45, 2.75) is 57.1 Å². The van der Waals surface area contributed by atoms with Gasteiger partial charge in [0.15, 0.2) is 15.0 Å². The Morgan fingerprint density at radius 2 is 1.91 bits per heavy atom. The van der Waals surface area contributed by atoms with E-state index >= 15 is 0 Å². The number of nitrogens with one attached hydrogen (secondary N) is 2. The molecule has 0 aliphatic carbocycles. The molecule has 0 aliphatic heterocycles. The molecule has 3 N–H and O–H groups in total. The number of aromatic nitrogens is 1. The molecule has 34 heavy (non-hydrogen) atoms. The number of hydrogen-bond acceptors (Lipinski definition) is 8. The number of rotatable bonds is 8. The molecule has 1 heterocycles. The first-order valence-corrected chi connectivity index (χ1v) is 13.1. The number of carboxylic acid groups (broad SMARTS) is 1. The Balaban J connectivity index is 2.07. The zero-order valence-electron chi connectivity index (χ0n) is 19.3. The highest BCUT2D eigenvalue weighted by Crippen LogP contribution is 2.35. The van der Waals surface area contributed by atoms with E-state index in [1.807, 2.05) is 0 Å². The van der Waals surface area contributed by atoms with Gasteiger partial charge in [-0.1, -0.05) is 29.0 Å². The third-order valence-corrected chi connectivity index (χ3v) is 6.99. The highest BCUT2D eigenvalue weighted by Gasteiger charge is 2.25. The topological polar surface area (TPSA) is 152 Å². The van der Waals surface area contributed by atoms with E-state index in [0.717, 1.165) is 17.6 Å². The first-order valence-electron chi connectivity index (χ1n) is 10.1. The van der Waals surface area contributed by atoms with Gasteiger partial charge in [0.1, 0.15) is 11.6 Å². The third-order valence-electron chi connectivity index (χ3n) is 4.28. The lowest BCUT2D eigenvalue weighted by molar-refractivity contribution is -0.139. The van der Waals surface area contributed by atoms with Gasteiger partial charge in [0.25, 0.3) is 0 Å². The van der Waals surface area contributed by atoms with Crippen molar-refractivity contribution in [3.05, 3.63) is 28.9 Å². The summed E-state index contributed by atoms with van der Waals surface area (Å²) in [5.41, 5.74) is 0.349. The van der Waals surface area contributed by atoms with Crippen LogP contribution in [0.5, 0.6) is 0 Å². The maximum absolute atomic E-state index is 12.4. The van der Waals surface area contributed by atoms with Crippen LogP contribution in [0.25, 0.3) is 10.4 Å². The quantitative estimate of drug-likeness (QED) is 0.464. The molecular weight excluding hydrogens is 506 g/mol. The van der Waals surface area contributed by atoms with E-state index < -0.39 is 39.4 Å². The van der Waals surface area contributed by atoms with Crippen LogP contribution in [0.2, 0.25) is 5.02 Å². The van der Waals surface area contributed by atoms with Crippen molar-refractivity contribution < 1.29 is 32.6 Å². The molecule has 0 spiro atoms. The van der Waals surface area contributed by atoms with E-state index in [2.05, 4.69) is 15.6 Å². The van der Waals surface area contributed by atoms with Crippen LogP contribution in [0.3, 0.4) is 0 Å². The highest BCUT2D eigenvalue weighted by atomic mass is 35.5. The zero-order valence-corrected chi connectivity index (χ0v) is 21.7. The molecule has 0 fully saturated rings. The number of hydrogen-bond donors (Lipinski definition) is 3. The summed E-state index contributed by atoms with van der Waals surface area (Å²) in [7, 11) is -3.53. The molecule has 2 aromatic rings. The second-order valence-corrected chi connectivity index (χ2v) is 11.9. The number of benzene rings is 1. The Morgan fingerprint density at radius 3 is 2.47 bits per heavy atom. The van der Waals surface area contributed by atoms with Gasteiger partial charge >= 0.3 is 12.1 Å². The molecule has 13 heteroatoms. The Morgan fingerprint density at radius 1 is 1.26 bits per heavy atom. The lowest BCUT2D eigenvalue weighted by atomic mass is 10.1. The van der Waals surface area contributed by atoms with E-state index in [4.69, 9.17) is 16.3 Å². The summed E-state index contributed by atoms with van der Waals surface area (Å²) in [6, 6.07) is 3.28. The van der Waals surface area contributed by atoms with Crippen LogP contribution in [0.4, 0.5) is 9.93 Å². The van der Waals surface area contributed by atoms with E-state index in [1.165, 1.54) is 12.1 Å². The molecule has 10 nitrogen and oxygen atoms in total. The number of carbonyl (C=O) groups excluding carboxylic acids is 2. The fraction of sp³-hybridized carbons (Fsp3) is 0.429. The number of aliphatic carboxylic acids is 1. The van der Waals surface area contributed by atoms with E-state index in [9.17, 15) is 27.9 Å². The molecular formula is C21H26ClN3O7S2. The average Bonchev–Trinajstić information content (AvgIpc) is 3.02. The molecule has 0 saturated carbocycles. The predicted molar refractivity (Wildman–Crippen MR) is 129 cm³/mol. The standard InChI is InChI=1S/C21H26ClN3O7S2/c1-11-17(12-6-7-13(22)15(10-12)34(5,30)31)33-19(23-11)25-16(26)9-8-14(18(27)28)24-20(29)32-21(2,3)4/h6-7,10,14H,8-9H2,1-5H3,(H,24,29)(H,27,28)(H,23,25,26)/t14-/m0/s1. The molecule has 1 aromatic heterocycles. The summed E-state index contributed by atoms with van der Waals surface area (Å²) in [6.45, 7) is 6.64. The SMILES string of the molecule is Cc1nc(NC(=O)CC[C@H](NC(=O)OC(C)(C)C)C(=O)O)sc1-c1ccc(Cl)c(S(C)(=O)=O)c1. The van der Waals surface area contributed by atoms with Crippen LogP contribution in [-0.4, -0.2) is 54.4 Å². The summed E-state index contributed by atoms with van der Waals surface area (Å²) in [4.78, 5) is 40.6. The fourth-order valence-electron chi connectivity index (χ4n) is 2.81. The monoisotopic (exact) mass is 531 g/mol. The summed E-state index contributed by atoms with van der Waals surface area (Å²) in [5.74, 6) is -1.79. The largest absolute Gasteiger partial charge is 0.480 e. The van der Waals surface area contributed by atoms with Crippen molar-refractivity contribution in [2.75, 3.05) is 11.6 Å². The Labute approximate surface area is 206 Å². The second kappa shape index (κ2) is 10.7. The second-order valence-electron chi connectivity index (χ2n) is 8.47. The van der Waals surface area contributed by atoms with Crippen molar-refractivity contribution >= 4 is 55.9 Å². The fourth-order valence-corrected chi connectivity index (χ4v) is 5.09. The molecule has 2 amide bonds. The number of aryl methyl sites for hydroxylation is 1. The van der Waals surface area contributed by atoms with Crippen LogP contribution in [0, 0.1) is 6.92 Å². The summed E-state index contributed by atoms with van der Waals surface area (Å²) >= 11 is 7.14. The van der Waals surface area contributed by atoms with E-state index in [-0.39, 0.29) is 27.9 Å². The van der Waals surface area contributed by atoms with Gasteiger partial charge in [-0.2, -0.15) is 0 Å². The minimum absolute atomic E-state index is 0.0118. The minimum Gasteiger partial charge on any atom is -0.480 e. The van der Waals surface area contributed by atoms with Crippen molar-refractivity contribution in [1.29, 1.82) is 0 Å². The normalized spacial score (nSPS) is 12.6. The molecule has 2 rings (SSSR count). The molecule has 0 unspecified atom stereocenters. The van der Waals surface area contributed by atoms with Crippen molar-refractivity contribution in [3.8, 4) is 10.4 Å². The first-order chi connectivity index (χ1) is 15.6. The smallest absolute Gasteiger partial charge is 0.408 e. The van der Waals surface area contributed by atoms with Crippen LogP contribution >= 0.6 is 22.9 Å². The van der Waals surface area contributed by atoms with Gasteiger partial charge in [-0.3, -0.25) is 4.79 Å². The van der Waals surface area contributed by atoms with Crippen LogP contribution in [-0.2, 0) is 24.2 Å². The van der Waals surface area contributed by atoms with E-state index in [0.29, 0.717) is 16.1 Å². The number of alkyl carbamates (subject to hydrolysis) is 1. The molecule has 1 aromatic carbocycles. The van der Waals surface area contributed by atoms with Crippen LogP contribution in [0.1, 0.15) is 39.3 Å². The number of carbonyl (C=O) groups is 3. The summed E-state index contributed by atoms with van der Waals surface area (Å²) in [5, 5.41) is 14.5. The van der Waals surface area contributed by atoms with Crippen molar-refractivity contribution in [1.82, 2.24) is 10.3 Å². The molecule has 0 radical (unpaired) electrons. The van der Waals surface area contributed by atoms with Gasteiger partial charge in [0.05, 0.1) is 20.5 Å². The highest BCUT2D eigenvalue weighted by molar-refractivity contribution is 7.90. The van der Waals surface area contributed by atoms with Gasteiger partial charge < -0.3 is 20.5 Å². The molecule has 0 aliphatic rings. The average molecular weight is 532 g/mol. The van der Waals surface area contributed by atoms with Gasteiger partial charge in [-0.25, -0.2) is 23.0 Å².